The van der Waals surface area contributed by atoms with E-state index >= 15 is 0 Å². The minimum Gasteiger partial charge on any atom is -0.310 e. The molecule has 0 unspecified atom stereocenters. The lowest BCUT2D eigenvalue weighted by atomic mass is 9.90. The Morgan fingerprint density at radius 2 is 0.661 bits per heavy atom. The minimum absolute atomic E-state index is 0.971. The highest BCUT2D eigenvalue weighted by molar-refractivity contribution is 7.05. The molecule has 2 nitrogen and oxygen atoms in total. The topological polar surface area (TPSA) is 6.48 Å². The molecule has 0 fully saturated rings. The van der Waals surface area contributed by atoms with Crippen LogP contribution in [0.1, 0.15) is 22.3 Å². The van der Waals surface area contributed by atoms with E-state index in [0.29, 0.717) is 0 Å². The monoisotopic (exact) mass is 750 g/mol. The van der Waals surface area contributed by atoms with Crippen molar-refractivity contribution in [2.45, 2.75) is 39.0 Å². The predicted molar refractivity (Wildman–Crippen MR) is 243 cm³/mol. The van der Waals surface area contributed by atoms with Crippen molar-refractivity contribution in [2.24, 2.45) is 0 Å². The number of anilines is 6. The fourth-order valence-electron chi connectivity index (χ4n) is 10.9. The molecule has 12 rings (SSSR count). The van der Waals surface area contributed by atoms with Crippen LogP contribution in [-0.4, -0.2) is 16.1 Å². The molecular weight excluding hydrogens is 709 g/mol. The summed E-state index contributed by atoms with van der Waals surface area (Å²) in [5, 5.41) is 9.24. The third-order valence-corrected chi connectivity index (χ3v) is 20.7. The SMILES string of the molecule is C[Si]1(C)c2cc(N3c4ccccc4Cc4ccccc43)ccc2-c2ccc3c4c(ccc1c24)[Si](C)(C)c1cc(N2c4ccccc4Cc4ccccc42)ccc1-3. The number of para-hydroxylation sites is 4. The van der Waals surface area contributed by atoms with E-state index in [1.54, 1.807) is 10.4 Å². The van der Waals surface area contributed by atoms with E-state index in [1.807, 2.05) is 0 Å². The van der Waals surface area contributed by atoms with Gasteiger partial charge in [0.1, 0.15) is 16.1 Å². The highest BCUT2D eigenvalue weighted by Gasteiger charge is 2.42. The summed E-state index contributed by atoms with van der Waals surface area (Å²) in [6, 6.07) is 60.6. The maximum Gasteiger partial charge on any atom is 0.113 e. The van der Waals surface area contributed by atoms with Gasteiger partial charge in [-0.15, -0.1) is 0 Å². The lowest BCUT2D eigenvalue weighted by molar-refractivity contribution is 1.09. The van der Waals surface area contributed by atoms with E-state index in [9.17, 15) is 0 Å². The van der Waals surface area contributed by atoms with Gasteiger partial charge in [0.25, 0.3) is 0 Å². The van der Waals surface area contributed by atoms with Crippen molar-refractivity contribution in [1.29, 1.82) is 0 Å². The summed E-state index contributed by atoms with van der Waals surface area (Å²) in [6.45, 7) is 10.3. The van der Waals surface area contributed by atoms with Crippen LogP contribution < -0.4 is 30.5 Å². The van der Waals surface area contributed by atoms with Crippen LogP contribution in [0.3, 0.4) is 0 Å². The van der Waals surface area contributed by atoms with Crippen LogP contribution >= 0.6 is 0 Å². The quantitative estimate of drug-likeness (QED) is 0.162. The van der Waals surface area contributed by atoms with Gasteiger partial charge >= 0.3 is 0 Å². The zero-order chi connectivity index (χ0) is 37.5. The Labute approximate surface area is 331 Å². The van der Waals surface area contributed by atoms with Crippen molar-refractivity contribution < 1.29 is 0 Å². The van der Waals surface area contributed by atoms with Gasteiger partial charge in [-0.25, -0.2) is 0 Å². The molecule has 0 aliphatic carbocycles. The lowest BCUT2D eigenvalue weighted by Gasteiger charge is -2.40. The largest absolute Gasteiger partial charge is 0.310 e. The van der Waals surface area contributed by atoms with Gasteiger partial charge < -0.3 is 9.80 Å². The average molecular weight is 751 g/mol. The van der Waals surface area contributed by atoms with Crippen molar-refractivity contribution in [3.63, 3.8) is 0 Å². The highest BCUT2D eigenvalue weighted by Crippen LogP contribution is 2.48. The number of hydrogen-bond acceptors (Lipinski definition) is 2. The molecule has 0 atom stereocenters. The van der Waals surface area contributed by atoms with Crippen LogP contribution in [-0.2, 0) is 12.8 Å². The Balaban J connectivity index is 1.03. The van der Waals surface area contributed by atoms with Crippen molar-refractivity contribution >= 4 is 81.8 Å². The second-order valence-corrected chi connectivity index (χ2v) is 26.0. The summed E-state index contributed by atoms with van der Waals surface area (Å²) in [7, 11) is -4.26. The molecular formula is C52H42N2Si2. The summed E-state index contributed by atoms with van der Waals surface area (Å²) in [4.78, 5) is 5.02. The summed E-state index contributed by atoms with van der Waals surface area (Å²) < 4.78 is 0. The first-order valence-corrected chi connectivity index (χ1v) is 26.1. The molecule has 56 heavy (non-hydrogen) atoms. The zero-order valence-electron chi connectivity index (χ0n) is 32.3. The molecule has 4 aliphatic rings. The Morgan fingerprint density at radius 1 is 0.339 bits per heavy atom. The number of benzene rings is 8. The molecule has 0 amide bonds. The molecule has 8 aromatic rings. The minimum atomic E-state index is -2.13. The number of hydrogen-bond donors (Lipinski definition) is 0. The van der Waals surface area contributed by atoms with Crippen LogP contribution in [0.5, 0.6) is 0 Å². The van der Waals surface area contributed by atoms with Crippen LogP contribution in [0.4, 0.5) is 34.1 Å². The first-order valence-electron chi connectivity index (χ1n) is 20.1. The summed E-state index contributed by atoms with van der Waals surface area (Å²) in [5.74, 6) is 0. The maximum atomic E-state index is 2.58. The zero-order valence-corrected chi connectivity index (χ0v) is 34.3. The van der Waals surface area contributed by atoms with E-state index in [0.717, 1.165) is 12.8 Å². The Bertz CT molecular complexity index is 2720. The summed E-state index contributed by atoms with van der Waals surface area (Å²) in [5.41, 5.74) is 18.9. The van der Waals surface area contributed by atoms with Crippen molar-refractivity contribution in [3.8, 4) is 22.3 Å². The molecule has 0 saturated heterocycles. The smallest absolute Gasteiger partial charge is 0.113 e. The number of rotatable bonds is 2. The molecule has 8 aromatic carbocycles. The summed E-state index contributed by atoms with van der Waals surface area (Å²) in [6.07, 6.45) is 1.94. The third kappa shape index (κ3) is 4.26. The average Bonchev–Trinajstić information content (AvgIpc) is 3.23. The molecule has 0 saturated carbocycles. The Morgan fingerprint density at radius 3 is 1.02 bits per heavy atom. The van der Waals surface area contributed by atoms with Crippen LogP contribution in [0.2, 0.25) is 26.2 Å². The second-order valence-electron chi connectivity index (χ2n) is 17.3. The standard InChI is InChI=1S/C52H42N2Si2/c1-55(2)47-27-28-48-52-42(40-24-22-38(32-50(40)56(48,3)4)54-45-19-11-7-15-35(45)30-36-16-8-12-20-46(36)54)26-25-41(51(47)52)39-23-21-37(31-49(39)55)53-43-17-9-5-13-33(43)29-34-14-6-10-18-44(34)53/h5-28,31-32H,29-30H2,1-4H3. The van der Waals surface area contributed by atoms with Gasteiger partial charge in [-0.1, -0.05) is 135 Å². The molecule has 0 radical (unpaired) electrons. The highest BCUT2D eigenvalue weighted by atomic mass is 28.3. The summed E-state index contributed by atoms with van der Waals surface area (Å²) >= 11 is 0. The van der Waals surface area contributed by atoms with Crippen LogP contribution in [0.25, 0.3) is 33.0 Å². The molecule has 4 heteroatoms. The number of fused-ring (bicyclic) bond motifs is 8. The fraction of sp³-hybridized carbons (Fsp3) is 0.115. The van der Waals surface area contributed by atoms with E-state index in [-0.39, 0.29) is 0 Å². The van der Waals surface area contributed by atoms with Gasteiger partial charge in [-0.05, 0) is 125 Å². The first kappa shape index (κ1) is 32.3. The van der Waals surface area contributed by atoms with Crippen molar-refractivity contribution in [2.75, 3.05) is 9.80 Å². The van der Waals surface area contributed by atoms with E-state index in [2.05, 4.69) is 194 Å². The maximum absolute atomic E-state index is 2.58. The van der Waals surface area contributed by atoms with Crippen LogP contribution in [0.15, 0.2) is 158 Å². The molecule has 0 N–H and O–H groups in total. The lowest BCUT2D eigenvalue weighted by Crippen LogP contribution is -2.59. The van der Waals surface area contributed by atoms with Gasteiger partial charge in [0.15, 0.2) is 0 Å². The van der Waals surface area contributed by atoms with Crippen LogP contribution in [0, 0.1) is 0 Å². The second kappa shape index (κ2) is 11.3. The van der Waals surface area contributed by atoms with Crippen molar-refractivity contribution in [3.05, 3.63) is 180 Å². The van der Waals surface area contributed by atoms with Gasteiger partial charge in [-0.3, -0.25) is 0 Å². The molecule has 0 spiro atoms. The van der Waals surface area contributed by atoms with Gasteiger partial charge in [0.2, 0.25) is 0 Å². The fourth-order valence-corrected chi connectivity index (χ4v) is 17.0. The van der Waals surface area contributed by atoms with Gasteiger partial charge in [0, 0.05) is 47.0 Å². The molecule has 0 aromatic heterocycles. The molecule has 4 aliphatic heterocycles. The Kier molecular flexibility index (Phi) is 6.53. The molecule has 0 bridgehead atoms. The molecule has 268 valence electrons. The van der Waals surface area contributed by atoms with E-state index < -0.39 is 16.1 Å². The first-order chi connectivity index (χ1) is 27.3. The Hall–Kier alpha value is -5.95. The predicted octanol–water partition coefficient (Wildman–Crippen LogP) is 11.2. The van der Waals surface area contributed by atoms with E-state index in [4.69, 9.17) is 0 Å². The van der Waals surface area contributed by atoms with Gasteiger partial charge in [-0.2, -0.15) is 0 Å². The molecule has 4 heterocycles. The van der Waals surface area contributed by atoms with Crippen molar-refractivity contribution in [1.82, 2.24) is 0 Å². The number of nitrogens with zero attached hydrogens (tertiary/aromatic N) is 2. The third-order valence-electron chi connectivity index (χ3n) is 13.6. The normalized spacial score (nSPS) is 15.9. The van der Waals surface area contributed by atoms with E-state index in [1.165, 1.54) is 99.8 Å². The van der Waals surface area contributed by atoms with Gasteiger partial charge in [0.05, 0.1) is 0 Å².